The van der Waals surface area contributed by atoms with Gasteiger partial charge in [0.1, 0.15) is 5.82 Å². The Morgan fingerprint density at radius 2 is 1.79 bits per heavy atom. The molecule has 2 aromatic carbocycles. The van der Waals surface area contributed by atoms with Crippen LogP contribution in [0.15, 0.2) is 65.2 Å². The first kappa shape index (κ1) is 14.1. The minimum absolute atomic E-state index is 0.182. The number of allylic oxidation sites excluding steroid dienone is 2. The molecule has 0 heterocycles. The summed E-state index contributed by atoms with van der Waals surface area (Å²) in [5.74, 6) is -0.182. The molecule has 19 heavy (non-hydrogen) atoms. The number of rotatable bonds is 4. The number of benzene rings is 2. The van der Waals surface area contributed by atoms with Gasteiger partial charge in [0.05, 0.1) is 0 Å². The van der Waals surface area contributed by atoms with Gasteiger partial charge in [0.25, 0.3) is 0 Å². The Labute approximate surface area is 122 Å². The average Bonchev–Trinajstić information content (AvgIpc) is 2.40. The minimum atomic E-state index is -0.182. The summed E-state index contributed by atoms with van der Waals surface area (Å²) in [4.78, 5) is 0. The average molecular weight is 317 g/mol. The molecule has 0 spiro atoms. The summed E-state index contributed by atoms with van der Waals surface area (Å²) in [6.45, 7) is 2.19. The van der Waals surface area contributed by atoms with Crippen molar-refractivity contribution in [1.82, 2.24) is 0 Å². The second-order valence-electron chi connectivity index (χ2n) is 4.54. The van der Waals surface area contributed by atoms with Gasteiger partial charge in [0, 0.05) is 0 Å². The van der Waals surface area contributed by atoms with E-state index < -0.39 is 0 Å². The van der Waals surface area contributed by atoms with Gasteiger partial charge in [-0.3, -0.25) is 0 Å². The second kappa shape index (κ2) is 6.71. The van der Waals surface area contributed by atoms with Crippen molar-refractivity contribution in [3.05, 3.63) is 71.0 Å². The molecule has 0 amide bonds. The molecule has 0 aromatic heterocycles. The Hall–Kier alpha value is -1.35. The normalized spacial score (nSPS) is 11.4. The Morgan fingerprint density at radius 1 is 1.11 bits per heavy atom. The first-order chi connectivity index (χ1) is 9.16. The van der Waals surface area contributed by atoms with Crippen LogP contribution in [-0.4, -0.2) is 6.71 Å². The van der Waals surface area contributed by atoms with Crippen LogP contribution in [0.3, 0.4) is 0 Å². The van der Waals surface area contributed by atoms with Gasteiger partial charge in [-0.25, -0.2) is 4.39 Å². The highest BCUT2D eigenvalue weighted by atomic mass is 79.9. The predicted molar refractivity (Wildman–Crippen MR) is 85.4 cm³/mol. The fourth-order valence-electron chi connectivity index (χ4n) is 2.15. The van der Waals surface area contributed by atoms with Crippen LogP contribution in [0, 0.1) is 5.82 Å². The third kappa shape index (κ3) is 4.07. The van der Waals surface area contributed by atoms with E-state index in [9.17, 15) is 4.39 Å². The molecular weight excluding hydrogens is 302 g/mol. The molecule has 0 aliphatic rings. The SMILES string of the molecule is CC(Br)=CCB(c1ccccc1)c1cccc(F)c1. The molecule has 2 aromatic rings. The van der Waals surface area contributed by atoms with Gasteiger partial charge < -0.3 is 0 Å². The summed E-state index contributed by atoms with van der Waals surface area (Å²) in [5.41, 5.74) is 2.22. The van der Waals surface area contributed by atoms with Crippen molar-refractivity contribution in [2.75, 3.05) is 0 Å². The third-order valence-corrected chi connectivity index (χ3v) is 3.41. The predicted octanol–water partition coefficient (Wildman–Crippen LogP) is 3.73. The molecule has 0 N–H and O–H groups in total. The quantitative estimate of drug-likeness (QED) is 0.754. The molecule has 0 saturated heterocycles. The summed E-state index contributed by atoms with van der Waals surface area (Å²) in [7, 11) is 0. The molecule has 0 nitrogen and oxygen atoms in total. The first-order valence-corrected chi connectivity index (χ1v) is 7.09. The third-order valence-electron chi connectivity index (χ3n) is 3.09. The van der Waals surface area contributed by atoms with Crippen molar-refractivity contribution in [3.8, 4) is 0 Å². The maximum Gasteiger partial charge on any atom is 0.213 e. The van der Waals surface area contributed by atoms with Crippen LogP contribution in [0.1, 0.15) is 6.92 Å². The summed E-state index contributed by atoms with van der Waals surface area (Å²) in [6.07, 6.45) is 2.98. The van der Waals surface area contributed by atoms with Crippen molar-refractivity contribution in [2.45, 2.75) is 13.2 Å². The van der Waals surface area contributed by atoms with Crippen LogP contribution in [0.5, 0.6) is 0 Å². The lowest BCUT2D eigenvalue weighted by atomic mass is 9.38. The van der Waals surface area contributed by atoms with E-state index in [1.165, 1.54) is 11.5 Å². The van der Waals surface area contributed by atoms with Gasteiger partial charge in [-0.15, -0.1) is 0 Å². The van der Waals surface area contributed by atoms with Crippen LogP contribution < -0.4 is 10.9 Å². The van der Waals surface area contributed by atoms with Crippen LogP contribution in [-0.2, 0) is 0 Å². The van der Waals surface area contributed by atoms with E-state index in [2.05, 4.69) is 34.1 Å². The summed E-state index contributed by atoms with van der Waals surface area (Å²) < 4.78 is 14.5. The zero-order valence-corrected chi connectivity index (χ0v) is 12.4. The monoisotopic (exact) mass is 316 g/mol. The van der Waals surface area contributed by atoms with Crippen LogP contribution in [0.4, 0.5) is 4.39 Å². The topological polar surface area (TPSA) is 0 Å². The maximum atomic E-state index is 13.4. The molecule has 0 aliphatic carbocycles. The van der Waals surface area contributed by atoms with E-state index in [0.29, 0.717) is 0 Å². The zero-order chi connectivity index (χ0) is 13.7. The van der Waals surface area contributed by atoms with E-state index in [4.69, 9.17) is 0 Å². The highest BCUT2D eigenvalue weighted by molar-refractivity contribution is 9.11. The van der Waals surface area contributed by atoms with Gasteiger partial charge in [0.2, 0.25) is 6.71 Å². The molecule has 0 aliphatic heterocycles. The Bertz CT molecular complexity index is 562. The minimum Gasteiger partial charge on any atom is -0.207 e. The summed E-state index contributed by atoms with van der Waals surface area (Å²) in [5, 5.41) is 0. The van der Waals surface area contributed by atoms with Crippen molar-refractivity contribution >= 4 is 33.6 Å². The Balaban J connectivity index is 2.37. The van der Waals surface area contributed by atoms with E-state index in [1.54, 1.807) is 12.1 Å². The van der Waals surface area contributed by atoms with E-state index in [0.717, 1.165) is 16.3 Å². The van der Waals surface area contributed by atoms with E-state index in [1.807, 2.05) is 31.2 Å². The molecular formula is C16H15BBrF. The largest absolute Gasteiger partial charge is 0.213 e. The first-order valence-electron chi connectivity index (χ1n) is 6.29. The zero-order valence-electron chi connectivity index (χ0n) is 10.8. The highest BCUT2D eigenvalue weighted by Crippen LogP contribution is 2.07. The molecule has 0 fully saturated rings. The molecule has 0 bridgehead atoms. The van der Waals surface area contributed by atoms with Gasteiger partial charge in [-0.2, -0.15) is 0 Å². The van der Waals surface area contributed by atoms with Crippen molar-refractivity contribution in [1.29, 1.82) is 0 Å². The molecule has 0 radical (unpaired) electrons. The van der Waals surface area contributed by atoms with Crippen LogP contribution in [0.2, 0.25) is 6.32 Å². The highest BCUT2D eigenvalue weighted by Gasteiger charge is 2.17. The molecule has 2 rings (SSSR count). The lowest BCUT2D eigenvalue weighted by Gasteiger charge is -2.13. The molecule has 0 unspecified atom stereocenters. The number of hydrogen-bond acceptors (Lipinski definition) is 0. The lowest BCUT2D eigenvalue weighted by Crippen LogP contribution is -2.41. The second-order valence-corrected chi connectivity index (χ2v) is 5.80. The molecule has 96 valence electrons. The number of hydrogen-bond donors (Lipinski definition) is 0. The van der Waals surface area contributed by atoms with Crippen molar-refractivity contribution in [3.63, 3.8) is 0 Å². The summed E-state index contributed by atoms with van der Waals surface area (Å²) >= 11 is 3.45. The van der Waals surface area contributed by atoms with Crippen LogP contribution in [0.25, 0.3) is 0 Å². The van der Waals surface area contributed by atoms with Gasteiger partial charge in [-0.05, 0) is 29.9 Å². The van der Waals surface area contributed by atoms with Gasteiger partial charge in [0.15, 0.2) is 0 Å². The molecule has 3 heteroatoms. The standard InChI is InChI=1S/C16H15BBrF/c1-13(18)10-11-17(14-6-3-2-4-7-14)15-8-5-9-16(19)12-15/h2-10,12H,11H2,1H3. The Kier molecular flexibility index (Phi) is 4.97. The maximum absolute atomic E-state index is 13.4. The fraction of sp³-hybridized carbons (Fsp3) is 0.125. The fourth-order valence-corrected chi connectivity index (χ4v) is 2.34. The summed E-state index contributed by atoms with van der Waals surface area (Å²) in [6, 6.07) is 17.1. The molecule has 0 saturated carbocycles. The Morgan fingerprint density at radius 3 is 2.42 bits per heavy atom. The lowest BCUT2D eigenvalue weighted by molar-refractivity contribution is 0.629. The van der Waals surface area contributed by atoms with Crippen molar-refractivity contribution < 1.29 is 4.39 Å². The van der Waals surface area contributed by atoms with Crippen LogP contribution >= 0.6 is 15.9 Å². The molecule has 0 atom stereocenters. The van der Waals surface area contributed by atoms with Gasteiger partial charge >= 0.3 is 0 Å². The smallest absolute Gasteiger partial charge is 0.207 e. The number of halogens is 2. The van der Waals surface area contributed by atoms with Gasteiger partial charge in [-0.1, -0.05) is 75.4 Å². The van der Waals surface area contributed by atoms with E-state index in [-0.39, 0.29) is 12.5 Å². The van der Waals surface area contributed by atoms with E-state index >= 15 is 0 Å². The van der Waals surface area contributed by atoms with Crippen molar-refractivity contribution in [2.24, 2.45) is 0 Å².